The first-order valence-corrected chi connectivity index (χ1v) is 14.7. The van der Waals surface area contributed by atoms with Gasteiger partial charge in [-0.15, -0.1) is 0 Å². The quantitative estimate of drug-likeness (QED) is 0.502. The highest BCUT2D eigenvalue weighted by Gasteiger charge is 2.66. The summed E-state index contributed by atoms with van der Waals surface area (Å²) in [6, 6.07) is 0. The fourth-order valence-corrected chi connectivity index (χ4v) is 6.34. The predicted octanol–water partition coefficient (Wildman–Crippen LogP) is 4.60. The summed E-state index contributed by atoms with van der Waals surface area (Å²) in [5, 5.41) is 13.2. The summed E-state index contributed by atoms with van der Waals surface area (Å²) in [4.78, 5) is 16.7. The highest BCUT2D eigenvalue weighted by Crippen LogP contribution is 3.01. The fraction of sp³-hybridized carbons (Fsp3) is 0.524. The second kappa shape index (κ2) is 8.05. The Morgan fingerprint density at radius 2 is 1.81 bits per heavy atom. The van der Waals surface area contributed by atoms with Crippen LogP contribution in [0.15, 0.2) is 28.3 Å². The highest BCUT2D eigenvalue weighted by molar-refractivity contribution is 8.45. The highest BCUT2D eigenvalue weighted by atomic mass is 32.5. The van der Waals surface area contributed by atoms with E-state index in [2.05, 4.69) is 25.3 Å². The lowest BCUT2D eigenvalue weighted by Crippen LogP contribution is -2.49. The number of fused-ring (bicyclic) bond motifs is 1. The fourth-order valence-electron chi connectivity index (χ4n) is 4.50. The van der Waals surface area contributed by atoms with Gasteiger partial charge in [0.05, 0.1) is 41.0 Å². The van der Waals surface area contributed by atoms with E-state index in [1.165, 1.54) is 0 Å². The maximum Gasteiger partial charge on any atom is 0.313 e. The van der Waals surface area contributed by atoms with Crippen molar-refractivity contribution in [3.8, 4) is 0 Å². The van der Waals surface area contributed by atoms with Crippen molar-refractivity contribution >= 4 is 38.4 Å². The van der Waals surface area contributed by atoms with Gasteiger partial charge in [0.2, 0.25) is 5.95 Å². The predicted molar refractivity (Wildman–Crippen MR) is 127 cm³/mol. The second-order valence-corrected chi connectivity index (χ2v) is 13.3. The molecule has 2 N–H and O–H groups in total. The first kappa shape index (κ1) is 25.3. The largest absolute Gasteiger partial charge is 0.394 e. The van der Waals surface area contributed by atoms with Gasteiger partial charge in [-0.1, -0.05) is 25.5 Å². The summed E-state index contributed by atoms with van der Waals surface area (Å²) in [7, 11) is -11.1. The van der Waals surface area contributed by atoms with Gasteiger partial charge < -0.3 is 15.3 Å². The van der Waals surface area contributed by atoms with E-state index in [4.69, 9.17) is 0 Å². The Kier molecular flexibility index (Phi) is 5.65. The minimum Gasteiger partial charge on any atom is -0.394 e. The number of hydrogen-bond acceptors (Lipinski definition) is 8. The summed E-state index contributed by atoms with van der Waals surface area (Å²) >= 11 is 0. The molecule has 3 aliphatic rings. The van der Waals surface area contributed by atoms with Gasteiger partial charge in [-0.2, -0.15) is 4.98 Å². The van der Waals surface area contributed by atoms with Gasteiger partial charge in [-0.05, 0) is 44.1 Å². The number of nitrogens with zero attached hydrogens (tertiary/aromatic N) is 5. The average molecular weight is 553 g/mol. The van der Waals surface area contributed by atoms with E-state index in [0.717, 1.165) is 25.7 Å². The van der Waals surface area contributed by atoms with Gasteiger partial charge in [0.25, 0.3) is 0 Å². The second-order valence-electron chi connectivity index (χ2n) is 9.35. The molecule has 0 radical (unpaired) electrons. The maximum atomic E-state index is 12.9. The third kappa shape index (κ3) is 4.92. The van der Waals surface area contributed by atoms with Crippen molar-refractivity contribution in [2.24, 2.45) is 0 Å². The molecule has 1 fully saturated rings. The third-order valence-electron chi connectivity index (χ3n) is 6.74. The minimum atomic E-state index is -9.83. The summed E-state index contributed by atoms with van der Waals surface area (Å²) in [6.45, 7) is 0.629. The summed E-state index contributed by atoms with van der Waals surface area (Å²) < 4.78 is 77.5. The molecule has 2 aliphatic heterocycles. The van der Waals surface area contributed by atoms with Gasteiger partial charge in [-0.3, -0.25) is 4.21 Å². The maximum absolute atomic E-state index is 12.9. The molecule has 2 aromatic heterocycles. The third-order valence-corrected chi connectivity index (χ3v) is 9.39. The zero-order chi connectivity index (χ0) is 25.8. The molecule has 1 aliphatic carbocycles. The van der Waals surface area contributed by atoms with Crippen LogP contribution in [0.5, 0.6) is 0 Å². The van der Waals surface area contributed by atoms with Gasteiger partial charge in [-0.25, -0.2) is 15.0 Å². The Morgan fingerprint density at radius 3 is 2.36 bits per heavy atom. The molecule has 0 bridgehead atoms. The zero-order valence-corrected chi connectivity index (χ0v) is 20.7. The summed E-state index contributed by atoms with van der Waals surface area (Å²) in [6.07, 6.45) is 6.20. The van der Waals surface area contributed by atoms with Gasteiger partial charge in [0.15, 0.2) is 5.82 Å². The molecule has 15 heteroatoms. The number of aryl methyl sites for hydroxylation is 1. The molecule has 1 atom stereocenters. The van der Waals surface area contributed by atoms with Crippen molar-refractivity contribution in [3.63, 3.8) is 0 Å². The SMILES string of the molecule is O=[S@]1CCCc2nc(N3CC=C(c4ncc(S(F)(F)(F)(F)F)cn4)CC3)nc(NC3(CO)CCC3)c21. The normalized spacial score (nSPS) is 23.6. The lowest BCUT2D eigenvalue weighted by Gasteiger charge is -2.42. The van der Waals surface area contributed by atoms with E-state index in [0.29, 0.717) is 59.6 Å². The first-order valence-electron chi connectivity index (χ1n) is 11.5. The van der Waals surface area contributed by atoms with Crippen molar-refractivity contribution in [1.82, 2.24) is 19.9 Å². The van der Waals surface area contributed by atoms with E-state index >= 15 is 0 Å². The number of aromatic nitrogens is 4. The lowest BCUT2D eigenvalue weighted by molar-refractivity contribution is 0.143. The molecule has 0 spiro atoms. The zero-order valence-electron chi connectivity index (χ0n) is 19.1. The molecule has 1 saturated carbocycles. The Balaban J connectivity index is 1.39. The van der Waals surface area contributed by atoms with E-state index < -0.39 is 31.5 Å². The average Bonchev–Trinajstić information content (AvgIpc) is 2.80. The Morgan fingerprint density at radius 1 is 1.08 bits per heavy atom. The monoisotopic (exact) mass is 552 g/mol. The van der Waals surface area contributed by atoms with Crippen LogP contribution in [-0.2, 0) is 17.2 Å². The minimum absolute atomic E-state index is 0.0424. The Bertz CT molecular complexity index is 1250. The molecule has 198 valence electrons. The molecule has 5 rings (SSSR count). The van der Waals surface area contributed by atoms with Gasteiger partial charge in [0, 0.05) is 18.8 Å². The van der Waals surface area contributed by atoms with Crippen molar-refractivity contribution in [2.75, 3.05) is 35.7 Å². The molecule has 0 aromatic carbocycles. The summed E-state index contributed by atoms with van der Waals surface area (Å²) in [5.74, 6) is 1.35. The molecular weight excluding hydrogens is 527 g/mol. The van der Waals surface area contributed by atoms with Gasteiger partial charge >= 0.3 is 10.2 Å². The molecule has 0 saturated heterocycles. The van der Waals surface area contributed by atoms with Crippen molar-refractivity contribution < 1.29 is 28.7 Å². The first-order chi connectivity index (χ1) is 16.8. The molecule has 8 nitrogen and oxygen atoms in total. The number of anilines is 2. The van der Waals surface area contributed by atoms with E-state index in [-0.39, 0.29) is 24.8 Å². The number of nitrogens with one attached hydrogen (secondary N) is 1. The topological polar surface area (TPSA) is 104 Å². The van der Waals surface area contributed by atoms with Crippen LogP contribution in [0.3, 0.4) is 0 Å². The van der Waals surface area contributed by atoms with Crippen molar-refractivity contribution in [2.45, 2.75) is 53.9 Å². The van der Waals surface area contributed by atoms with Crippen molar-refractivity contribution in [3.05, 3.63) is 30.0 Å². The molecule has 0 unspecified atom stereocenters. The molecular formula is C21H25F5N6O2S2. The van der Waals surface area contributed by atoms with Crippen molar-refractivity contribution in [1.29, 1.82) is 0 Å². The number of halogens is 5. The summed E-state index contributed by atoms with van der Waals surface area (Å²) in [5.41, 5.74) is 0.740. The van der Waals surface area contributed by atoms with Crippen LogP contribution in [0.25, 0.3) is 5.57 Å². The number of hydrogen-bond donors (Lipinski definition) is 2. The molecule has 0 amide bonds. The molecule has 2 aromatic rings. The Labute approximate surface area is 206 Å². The Hall–Kier alpha value is -2.39. The van der Waals surface area contributed by atoms with Crippen LogP contribution in [0, 0.1) is 0 Å². The van der Waals surface area contributed by atoms with Crippen LogP contribution in [0.1, 0.15) is 43.6 Å². The number of aliphatic hydroxyl groups is 1. The van der Waals surface area contributed by atoms with Crippen LogP contribution >= 0.6 is 10.2 Å². The molecule has 4 heterocycles. The number of rotatable bonds is 6. The van der Waals surface area contributed by atoms with Crippen LogP contribution in [0.4, 0.5) is 31.2 Å². The standard InChI is InChI=1S/C21H25F5N6O2S2/c22-36(23,24,25,26)15-11-27-18(28-12-15)14-4-8-32(9-5-14)20-29-16-3-1-10-35(34)17(16)19(30-20)31-21(13-33)6-2-7-21/h4,11-12,33H,1-3,5-10,13H2,(H,29,30,31)/t35-/m0/s1. The molecule has 36 heavy (non-hydrogen) atoms. The van der Waals surface area contributed by atoms with Gasteiger partial charge in [0.1, 0.15) is 15.6 Å². The number of aliphatic hydroxyl groups excluding tert-OH is 1. The smallest absolute Gasteiger partial charge is 0.313 e. The van der Waals surface area contributed by atoms with E-state index in [1.54, 1.807) is 6.08 Å². The van der Waals surface area contributed by atoms with E-state index in [1.807, 2.05) is 4.90 Å². The lowest BCUT2D eigenvalue weighted by atomic mass is 9.77. The van der Waals surface area contributed by atoms with E-state index in [9.17, 15) is 28.7 Å². The van der Waals surface area contributed by atoms with Crippen LogP contribution in [0.2, 0.25) is 0 Å². The van der Waals surface area contributed by atoms with Crippen LogP contribution in [-0.4, -0.2) is 60.2 Å². The van der Waals surface area contributed by atoms with Crippen LogP contribution < -0.4 is 10.2 Å².